The van der Waals surface area contributed by atoms with Crippen LogP contribution in [0.4, 0.5) is 0 Å². The Morgan fingerprint density at radius 1 is 0.534 bits per heavy atom. The molecule has 0 radical (unpaired) electrons. The minimum absolute atomic E-state index is 0.0455. The average molecular weight is 810 g/mol. The van der Waals surface area contributed by atoms with Gasteiger partial charge in [0.2, 0.25) is 5.91 Å². The average Bonchev–Trinajstić information content (AvgIpc) is 3.22. The molecular weight excluding hydrogens is 719 g/mol. The molecule has 334 valence electrons. The molecule has 0 aliphatic rings. The van der Waals surface area contributed by atoms with Gasteiger partial charge in [-0.05, 0) is 70.6 Å². The number of allylic oxidation sites excluding steroid dienone is 12. The quantitative estimate of drug-likeness (QED) is 0.0247. The summed E-state index contributed by atoms with van der Waals surface area (Å²) in [4.78, 5) is 26.1. The first-order valence-corrected chi connectivity index (χ1v) is 24.2. The van der Waals surface area contributed by atoms with Gasteiger partial charge in [-0.2, -0.15) is 0 Å². The first-order valence-electron chi connectivity index (χ1n) is 24.2. The zero-order valence-corrected chi connectivity index (χ0v) is 37.9. The Morgan fingerprint density at radius 3 is 1.62 bits per heavy atom. The van der Waals surface area contributed by atoms with Crippen LogP contribution in [-0.4, -0.2) is 46.9 Å². The summed E-state index contributed by atoms with van der Waals surface area (Å²) in [5.74, 6) is -0.526. The fourth-order valence-corrected chi connectivity index (χ4v) is 7.01. The number of aliphatic hydroxyl groups excluding tert-OH is 2. The number of rotatable bonds is 42. The van der Waals surface area contributed by atoms with E-state index >= 15 is 0 Å². The molecule has 1 amide bonds. The molecule has 3 unspecified atom stereocenters. The highest BCUT2D eigenvalue weighted by molar-refractivity contribution is 5.77. The van der Waals surface area contributed by atoms with Crippen LogP contribution in [0.5, 0.6) is 0 Å². The summed E-state index contributed by atoms with van der Waals surface area (Å²) in [5.41, 5.74) is 0. The van der Waals surface area contributed by atoms with Crippen LogP contribution >= 0.6 is 0 Å². The van der Waals surface area contributed by atoms with Crippen LogP contribution in [0.15, 0.2) is 72.9 Å². The van der Waals surface area contributed by atoms with E-state index in [-0.39, 0.29) is 24.9 Å². The van der Waals surface area contributed by atoms with Gasteiger partial charge in [0, 0.05) is 6.42 Å². The van der Waals surface area contributed by atoms with Gasteiger partial charge < -0.3 is 20.3 Å². The second-order valence-electron chi connectivity index (χ2n) is 16.2. The standard InChI is InChI=1S/C52H91NO5/c1-4-7-10-13-16-19-22-25-27-30-33-36-39-42-45-52(57)58-48(43-40-37-34-31-28-26-23-20-17-14-11-8-5-2)46-51(56)53-49(47-54)50(55)44-41-38-35-32-29-24-21-18-15-12-9-6-3/h7-8,10-11,14,16-17,19-20,23,26,28,48-50,54-55H,4-6,9,12-13,15,18,21-22,24-25,27,29-47H2,1-3H3,(H,53,56)/b10-7+,11-8+,17-14+,19-16+,23-20+,28-26-. The summed E-state index contributed by atoms with van der Waals surface area (Å²) in [6.07, 6.45) is 56.7. The Labute approximate surface area is 358 Å². The smallest absolute Gasteiger partial charge is 0.306 e. The van der Waals surface area contributed by atoms with Gasteiger partial charge in [0.15, 0.2) is 0 Å². The predicted molar refractivity (Wildman–Crippen MR) is 250 cm³/mol. The molecule has 0 spiro atoms. The summed E-state index contributed by atoms with van der Waals surface area (Å²) in [6, 6.07) is -0.717. The number of esters is 1. The normalized spacial score (nSPS) is 13.9. The van der Waals surface area contributed by atoms with Crippen molar-refractivity contribution in [3.63, 3.8) is 0 Å². The van der Waals surface area contributed by atoms with E-state index in [1.165, 1.54) is 83.5 Å². The molecule has 0 rings (SSSR count). The number of unbranched alkanes of at least 4 members (excludes halogenated alkanes) is 21. The third-order valence-electron chi connectivity index (χ3n) is 10.6. The fraction of sp³-hybridized carbons (Fsp3) is 0.731. The molecule has 0 saturated heterocycles. The van der Waals surface area contributed by atoms with Crippen LogP contribution < -0.4 is 5.32 Å². The van der Waals surface area contributed by atoms with Crippen LogP contribution in [0.3, 0.4) is 0 Å². The Kier molecular flexibility index (Phi) is 43.3. The molecule has 0 aliphatic carbocycles. The van der Waals surface area contributed by atoms with Crippen LogP contribution in [-0.2, 0) is 14.3 Å². The Bertz CT molecular complexity index is 1090. The van der Waals surface area contributed by atoms with Crippen molar-refractivity contribution in [2.24, 2.45) is 0 Å². The largest absolute Gasteiger partial charge is 0.462 e. The van der Waals surface area contributed by atoms with Crippen molar-refractivity contribution < 1.29 is 24.5 Å². The number of nitrogens with one attached hydrogen (secondary N) is 1. The van der Waals surface area contributed by atoms with Crippen LogP contribution in [0.2, 0.25) is 0 Å². The summed E-state index contributed by atoms with van der Waals surface area (Å²) < 4.78 is 5.90. The minimum atomic E-state index is -0.801. The molecule has 3 N–H and O–H groups in total. The van der Waals surface area contributed by atoms with E-state index < -0.39 is 18.2 Å². The van der Waals surface area contributed by atoms with Gasteiger partial charge in [0.1, 0.15) is 6.10 Å². The van der Waals surface area contributed by atoms with Crippen molar-refractivity contribution >= 4 is 11.9 Å². The Morgan fingerprint density at radius 2 is 1.02 bits per heavy atom. The van der Waals surface area contributed by atoms with Gasteiger partial charge in [-0.1, -0.05) is 209 Å². The number of carbonyl (C=O) groups excluding carboxylic acids is 2. The lowest BCUT2D eigenvalue weighted by molar-refractivity contribution is -0.151. The van der Waals surface area contributed by atoms with E-state index in [1.807, 2.05) is 24.3 Å². The molecule has 0 bridgehead atoms. The second-order valence-corrected chi connectivity index (χ2v) is 16.2. The molecule has 0 saturated carbocycles. The zero-order chi connectivity index (χ0) is 42.4. The molecule has 6 heteroatoms. The number of carbonyl (C=O) groups is 2. The van der Waals surface area contributed by atoms with Crippen molar-refractivity contribution in [2.45, 2.75) is 238 Å². The maximum atomic E-state index is 13.2. The minimum Gasteiger partial charge on any atom is -0.462 e. The lowest BCUT2D eigenvalue weighted by atomic mass is 10.0. The monoisotopic (exact) mass is 810 g/mol. The molecule has 0 aromatic rings. The second kappa shape index (κ2) is 45.4. The molecule has 0 heterocycles. The van der Waals surface area contributed by atoms with Gasteiger partial charge >= 0.3 is 5.97 Å². The maximum absolute atomic E-state index is 13.2. The first kappa shape index (κ1) is 55.3. The molecule has 3 atom stereocenters. The highest BCUT2D eigenvalue weighted by Crippen LogP contribution is 2.17. The summed E-state index contributed by atoms with van der Waals surface area (Å²) in [6.45, 7) is 6.21. The van der Waals surface area contributed by atoms with Crippen molar-refractivity contribution in [1.82, 2.24) is 5.32 Å². The number of aliphatic hydroxyl groups is 2. The van der Waals surface area contributed by atoms with Crippen molar-refractivity contribution in [2.75, 3.05) is 6.61 Å². The van der Waals surface area contributed by atoms with E-state index in [0.717, 1.165) is 89.9 Å². The van der Waals surface area contributed by atoms with Gasteiger partial charge in [-0.25, -0.2) is 0 Å². The number of hydrogen-bond acceptors (Lipinski definition) is 5. The van der Waals surface area contributed by atoms with E-state index in [1.54, 1.807) is 0 Å². The van der Waals surface area contributed by atoms with Gasteiger partial charge in [0.25, 0.3) is 0 Å². The van der Waals surface area contributed by atoms with Crippen molar-refractivity contribution in [1.29, 1.82) is 0 Å². The van der Waals surface area contributed by atoms with E-state index in [0.29, 0.717) is 19.3 Å². The third-order valence-corrected chi connectivity index (χ3v) is 10.6. The van der Waals surface area contributed by atoms with E-state index in [9.17, 15) is 19.8 Å². The maximum Gasteiger partial charge on any atom is 0.306 e. The van der Waals surface area contributed by atoms with Gasteiger partial charge in [0.05, 0.1) is 25.2 Å². The van der Waals surface area contributed by atoms with Crippen LogP contribution in [0, 0.1) is 0 Å². The molecule has 58 heavy (non-hydrogen) atoms. The zero-order valence-electron chi connectivity index (χ0n) is 37.9. The number of amides is 1. The molecule has 0 aromatic carbocycles. The predicted octanol–water partition coefficient (Wildman–Crippen LogP) is 14.2. The van der Waals surface area contributed by atoms with E-state index in [2.05, 4.69) is 74.7 Å². The van der Waals surface area contributed by atoms with Crippen molar-refractivity contribution in [3.05, 3.63) is 72.9 Å². The Balaban J connectivity index is 4.67. The highest BCUT2D eigenvalue weighted by Gasteiger charge is 2.24. The van der Waals surface area contributed by atoms with Crippen molar-refractivity contribution in [3.8, 4) is 0 Å². The number of ether oxygens (including phenoxy) is 1. The summed E-state index contributed by atoms with van der Waals surface area (Å²) in [5, 5.41) is 23.7. The molecular formula is C52H91NO5. The SMILES string of the molecule is CC/C=C/C=C/C=C/C=C\CCCCCC(CC(=O)NC(CO)C(O)CCCCCCCCCCCCCC)OC(=O)CCCCCCCCC/C=C/C/C=C/CC. The van der Waals surface area contributed by atoms with Crippen LogP contribution in [0.25, 0.3) is 0 Å². The summed E-state index contributed by atoms with van der Waals surface area (Å²) in [7, 11) is 0. The third kappa shape index (κ3) is 40.1. The molecule has 0 fully saturated rings. The molecule has 0 aliphatic heterocycles. The fourth-order valence-electron chi connectivity index (χ4n) is 7.01. The first-order chi connectivity index (χ1) is 28.5. The van der Waals surface area contributed by atoms with Gasteiger partial charge in [-0.15, -0.1) is 0 Å². The number of hydrogen-bond donors (Lipinski definition) is 3. The molecule has 6 nitrogen and oxygen atoms in total. The van der Waals surface area contributed by atoms with Crippen LogP contribution in [0.1, 0.15) is 220 Å². The lowest BCUT2D eigenvalue weighted by Gasteiger charge is -2.24. The van der Waals surface area contributed by atoms with Gasteiger partial charge in [-0.3, -0.25) is 9.59 Å². The topological polar surface area (TPSA) is 95.9 Å². The lowest BCUT2D eigenvalue weighted by Crippen LogP contribution is -2.46. The summed E-state index contributed by atoms with van der Waals surface area (Å²) >= 11 is 0. The molecule has 0 aromatic heterocycles. The van der Waals surface area contributed by atoms with E-state index in [4.69, 9.17) is 4.74 Å². The Hall–Kier alpha value is -2.70. The highest BCUT2D eigenvalue weighted by atomic mass is 16.5.